The van der Waals surface area contributed by atoms with Gasteiger partial charge in [-0.25, -0.2) is 4.18 Å². The number of hydrogen-bond donors (Lipinski definition) is 9. The van der Waals surface area contributed by atoms with Crippen LogP contribution < -0.4 is 0 Å². The number of aliphatic hydroxyl groups is 8. The average Bonchev–Trinajstić information content (AvgIpc) is 3.62. The number of hydrogen-bond acceptors (Lipinski definition) is 17. The Morgan fingerprint density at radius 1 is 0.864 bits per heavy atom. The van der Waals surface area contributed by atoms with Crippen LogP contribution in [0.15, 0.2) is 12.2 Å². The minimum absolute atomic E-state index is 0.0327. The highest BCUT2D eigenvalue weighted by molar-refractivity contribution is 7.80. The first-order chi connectivity index (χ1) is 27.6. The van der Waals surface area contributed by atoms with Crippen LogP contribution >= 0.6 is 0 Å². The van der Waals surface area contributed by atoms with E-state index in [0.717, 1.165) is 0 Å². The van der Waals surface area contributed by atoms with Gasteiger partial charge in [-0.2, -0.15) is 8.42 Å². The number of fused-ring (bicyclic) bond motifs is 5. The summed E-state index contributed by atoms with van der Waals surface area (Å²) in [6, 6.07) is 0. The van der Waals surface area contributed by atoms with E-state index in [0.29, 0.717) is 25.7 Å². The summed E-state index contributed by atoms with van der Waals surface area (Å²) < 4.78 is 74.4. The van der Waals surface area contributed by atoms with Crippen molar-refractivity contribution >= 4 is 10.4 Å². The highest BCUT2D eigenvalue weighted by atomic mass is 32.3. The van der Waals surface area contributed by atoms with Crippen LogP contribution in [0.25, 0.3) is 0 Å². The van der Waals surface area contributed by atoms with E-state index in [9.17, 15) is 53.8 Å². The summed E-state index contributed by atoms with van der Waals surface area (Å²) in [6.07, 6.45) is -10.6. The van der Waals surface area contributed by atoms with Gasteiger partial charge in [0.05, 0.1) is 49.3 Å². The predicted octanol–water partition coefficient (Wildman–Crippen LogP) is -0.334. The van der Waals surface area contributed by atoms with Gasteiger partial charge in [-0.05, 0) is 66.6 Å². The van der Waals surface area contributed by atoms with Gasteiger partial charge >= 0.3 is 10.4 Å². The van der Waals surface area contributed by atoms with Crippen LogP contribution in [-0.2, 0) is 43.0 Å². The second-order valence-corrected chi connectivity index (χ2v) is 20.0. The van der Waals surface area contributed by atoms with Crippen molar-refractivity contribution in [1.82, 2.24) is 0 Å². The van der Waals surface area contributed by atoms with Crippen molar-refractivity contribution in [3.63, 3.8) is 0 Å². The Hall–Kier alpha value is -0.950. The van der Waals surface area contributed by atoms with Crippen LogP contribution in [0.3, 0.4) is 0 Å². The number of methoxy groups -OCH3 is 2. The third-order valence-corrected chi connectivity index (χ3v) is 15.8. The molecule has 0 bridgehead atoms. The molecule has 18 nitrogen and oxygen atoms in total. The lowest BCUT2D eigenvalue weighted by atomic mass is 9.41. The van der Waals surface area contributed by atoms with Crippen molar-refractivity contribution in [1.29, 1.82) is 0 Å². The molecule has 0 aromatic rings. The second-order valence-electron chi connectivity index (χ2n) is 18.9. The van der Waals surface area contributed by atoms with Crippen LogP contribution in [0, 0.1) is 46.3 Å². The van der Waals surface area contributed by atoms with Crippen molar-refractivity contribution in [3.05, 3.63) is 12.2 Å². The van der Waals surface area contributed by atoms with Crippen LogP contribution in [0.4, 0.5) is 0 Å². The molecule has 6 aliphatic rings. The van der Waals surface area contributed by atoms with E-state index in [1.54, 1.807) is 0 Å². The van der Waals surface area contributed by atoms with E-state index < -0.39 is 137 Å². The molecule has 22 atom stereocenters. The second kappa shape index (κ2) is 17.9. The summed E-state index contributed by atoms with van der Waals surface area (Å²) in [5.74, 6) is -2.58. The summed E-state index contributed by atoms with van der Waals surface area (Å²) in [5, 5.41) is 88.9. The van der Waals surface area contributed by atoms with E-state index in [1.165, 1.54) is 14.2 Å². The third kappa shape index (κ3) is 8.69. The zero-order valence-electron chi connectivity index (χ0n) is 35.0. The Morgan fingerprint density at radius 3 is 2.15 bits per heavy atom. The van der Waals surface area contributed by atoms with Gasteiger partial charge in [0.1, 0.15) is 42.7 Å². The van der Waals surface area contributed by atoms with Crippen LogP contribution in [0.5, 0.6) is 0 Å². The Labute approximate surface area is 346 Å². The highest BCUT2D eigenvalue weighted by Gasteiger charge is 2.72. The lowest BCUT2D eigenvalue weighted by Crippen LogP contribution is -2.71. The molecular formula is C40H68O18S. The lowest BCUT2D eigenvalue weighted by molar-refractivity contribution is -0.311. The minimum atomic E-state index is -5.01. The first kappa shape index (κ1) is 47.5. The molecule has 9 N–H and O–H groups in total. The minimum Gasteiger partial charge on any atom is -0.394 e. The van der Waals surface area contributed by atoms with Gasteiger partial charge in [-0.1, -0.05) is 46.8 Å². The van der Waals surface area contributed by atoms with Gasteiger partial charge in [0, 0.05) is 32.5 Å². The number of ether oxygens (including phenoxy) is 6. The molecule has 0 aromatic heterocycles. The van der Waals surface area contributed by atoms with Crippen molar-refractivity contribution in [3.8, 4) is 0 Å². The molecule has 0 spiro atoms. The topological polar surface area (TPSA) is 281 Å². The summed E-state index contributed by atoms with van der Waals surface area (Å²) in [6.45, 7) is 9.02. The van der Waals surface area contributed by atoms with Gasteiger partial charge in [-0.15, -0.1) is 0 Å². The molecular weight excluding hydrogens is 800 g/mol. The first-order valence-electron chi connectivity index (χ1n) is 20.9. The average molecular weight is 869 g/mol. The summed E-state index contributed by atoms with van der Waals surface area (Å²) >= 11 is 0. The zero-order valence-corrected chi connectivity index (χ0v) is 35.8. The fraction of sp³-hybridized carbons (Fsp3) is 0.950. The van der Waals surface area contributed by atoms with Crippen molar-refractivity contribution < 1.29 is 86.4 Å². The maximum Gasteiger partial charge on any atom is 0.397 e. The maximum absolute atomic E-state index is 12.9. The van der Waals surface area contributed by atoms with Crippen molar-refractivity contribution in [2.24, 2.45) is 46.3 Å². The molecule has 342 valence electrons. The Morgan fingerprint density at radius 2 is 1.54 bits per heavy atom. The van der Waals surface area contributed by atoms with E-state index >= 15 is 0 Å². The Kier molecular flexibility index (Phi) is 14.4. The van der Waals surface area contributed by atoms with E-state index in [1.807, 2.05) is 46.8 Å². The summed E-state index contributed by atoms with van der Waals surface area (Å²) in [4.78, 5) is 0. The largest absolute Gasteiger partial charge is 0.397 e. The third-order valence-electron chi connectivity index (χ3n) is 15.3. The zero-order chi connectivity index (χ0) is 43.6. The number of rotatable bonds is 14. The van der Waals surface area contributed by atoms with Gasteiger partial charge in [-0.3, -0.25) is 4.55 Å². The first-order valence-corrected chi connectivity index (χ1v) is 22.3. The molecule has 6 rings (SSSR count). The van der Waals surface area contributed by atoms with Crippen LogP contribution in [0.1, 0.15) is 73.1 Å². The Bertz CT molecular complexity index is 1570. The number of allylic oxidation sites excluding steroid dienone is 1. The van der Waals surface area contributed by atoms with E-state index in [4.69, 9.17) is 32.6 Å². The van der Waals surface area contributed by atoms with Crippen molar-refractivity contribution in [2.45, 2.75) is 165 Å². The molecule has 0 aromatic carbocycles. The SMILES string of the molecule is CO[C@H]1[C@H](O[C@H]2[C@H](O[C@@H](/C=C/[C@@H](C)[C@H]3C[C@@H](O)[C@@H]4[C@]3(C)CC[C@@H]3[C@@]5(C)CC[C@H](O)[C@H](O)[C@@H]5[C@@H](OS(=O)(=O)O)C[C@]34O)C(C)C)O[C@@H]([C@H](O)CO)[C@@H]2O)OC[C@@H](OC)[C@@H]1O. The van der Waals surface area contributed by atoms with Gasteiger partial charge in [0.25, 0.3) is 0 Å². The molecule has 0 unspecified atom stereocenters. The molecule has 19 heteroatoms. The van der Waals surface area contributed by atoms with Crippen molar-refractivity contribution in [2.75, 3.05) is 27.4 Å². The maximum atomic E-state index is 12.9. The molecule has 0 amide bonds. The standard InChI is InChI=1S/C40H68O18S/c1-18(2)24(55-37-34(31(47)32(56-37)23(44)16-41)57-36-33(53-7)30(46)26(52-6)17-54-36)9-8-19(3)20-14-22(43)35-38(20,4)13-11-27-39(5)12-10-21(42)29(45)28(39)25(15-40(27,35)48)58-59(49,50)51/h8-9,18-37,41-48H,10-17H2,1-7H3,(H,49,50,51)/b9-8+/t19-,20-,21+,22-,23-,24+,25+,26-,27-,28+,29+,30+,31+,32+,33-,34-,35-,36+,37-,38-,39-,40+/m1/s1. The molecule has 2 saturated heterocycles. The van der Waals surface area contributed by atoms with Gasteiger partial charge < -0.3 is 69.3 Å². The quantitative estimate of drug-likeness (QED) is 0.0798. The van der Waals surface area contributed by atoms with E-state index in [-0.39, 0.29) is 37.2 Å². The Balaban J connectivity index is 1.22. The van der Waals surface area contributed by atoms with Gasteiger partial charge in [0.2, 0.25) is 0 Å². The molecule has 59 heavy (non-hydrogen) atoms. The molecule has 0 radical (unpaired) electrons. The smallest absolute Gasteiger partial charge is 0.394 e. The normalized spacial score (nSPS) is 49.4. The summed E-state index contributed by atoms with van der Waals surface area (Å²) in [5.41, 5.74) is -3.15. The summed E-state index contributed by atoms with van der Waals surface area (Å²) in [7, 11) is -2.22. The fourth-order valence-corrected chi connectivity index (χ4v) is 13.0. The highest BCUT2D eigenvalue weighted by Crippen LogP contribution is 2.70. The molecule has 4 aliphatic carbocycles. The monoisotopic (exact) mass is 868 g/mol. The number of aliphatic hydroxyl groups excluding tert-OH is 7. The molecule has 4 saturated carbocycles. The van der Waals surface area contributed by atoms with Gasteiger partial charge in [0.15, 0.2) is 12.6 Å². The fourth-order valence-electron chi connectivity index (χ4n) is 12.5. The van der Waals surface area contributed by atoms with E-state index in [2.05, 4.69) is 0 Å². The lowest BCUT2D eigenvalue weighted by Gasteiger charge is -2.66. The predicted molar refractivity (Wildman–Crippen MR) is 205 cm³/mol. The van der Waals surface area contributed by atoms with Crippen LogP contribution in [-0.4, -0.2) is 173 Å². The van der Waals surface area contributed by atoms with Crippen LogP contribution in [0.2, 0.25) is 0 Å². The molecule has 2 aliphatic heterocycles. The molecule has 6 fully saturated rings. The molecule has 2 heterocycles.